The summed E-state index contributed by atoms with van der Waals surface area (Å²) in [7, 11) is 0. The Morgan fingerprint density at radius 2 is 2.00 bits per heavy atom. The average Bonchev–Trinajstić information content (AvgIpc) is 3.08. The van der Waals surface area contributed by atoms with Crippen molar-refractivity contribution in [3.05, 3.63) is 47.2 Å². The maximum Gasteiger partial charge on any atom is 0.227 e. The lowest BCUT2D eigenvalue weighted by molar-refractivity contribution is -0.120. The molecule has 0 radical (unpaired) electrons. The summed E-state index contributed by atoms with van der Waals surface area (Å²) >= 11 is 0. The minimum absolute atomic E-state index is 0.141. The van der Waals surface area contributed by atoms with E-state index in [2.05, 4.69) is 25.9 Å². The maximum atomic E-state index is 12.5. The zero-order valence-electron chi connectivity index (χ0n) is 18.3. The fourth-order valence-corrected chi connectivity index (χ4v) is 3.64. The summed E-state index contributed by atoms with van der Waals surface area (Å²) in [6.45, 7) is 7.60. The summed E-state index contributed by atoms with van der Waals surface area (Å²) in [6, 6.07) is 7.91. The molecule has 1 heterocycles. The predicted octanol–water partition coefficient (Wildman–Crippen LogP) is 4.07. The third kappa shape index (κ3) is 6.34. The Morgan fingerprint density at radius 3 is 2.70 bits per heavy atom. The van der Waals surface area contributed by atoms with Crippen LogP contribution in [-0.2, 0) is 17.9 Å². The van der Waals surface area contributed by atoms with Gasteiger partial charge in [0.2, 0.25) is 11.8 Å². The first kappa shape index (κ1) is 21.9. The van der Waals surface area contributed by atoms with Crippen molar-refractivity contribution in [3.63, 3.8) is 0 Å². The van der Waals surface area contributed by atoms with Crippen LogP contribution in [0.5, 0.6) is 0 Å². The highest BCUT2D eigenvalue weighted by Crippen LogP contribution is 2.25. The number of anilines is 1. The molecule has 0 bridgehead atoms. The number of hydrogen-bond acceptors (Lipinski definition) is 4. The van der Waals surface area contributed by atoms with Crippen LogP contribution in [-0.4, -0.2) is 23.4 Å². The second-order valence-corrected chi connectivity index (χ2v) is 7.82. The highest BCUT2D eigenvalue weighted by molar-refractivity contribution is 5.92. The van der Waals surface area contributed by atoms with Gasteiger partial charge in [-0.1, -0.05) is 31.4 Å². The molecule has 0 spiro atoms. The average molecular weight is 412 g/mol. The summed E-state index contributed by atoms with van der Waals surface area (Å²) in [6.07, 6.45) is 5.54. The number of guanidine groups is 1. The number of oxazole rings is 1. The molecule has 0 atom stereocenters. The number of carbonyl (C=O) groups is 1. The first-order chi connectivity index (χ1) is 14.5. The Morgan fingerprint density at radius 1 is 1.20 bits per heavy atom. The summed E-state index contributed by atoms with van der Waals surface area (Å²) in [5, 5.41) is 9.56. The third-order valence-corrected chi connectivity index (χ3v) is 5.41. The molecule has 162 valence electrons. The fourth-order valence-electron chi connectivity index (χ4n) is 3.64. The first-order valence-corrected chi connectivity index (χ1v) is 10.9. The molecule has 0 saturated heterocycles. The van der Waals surface area contributed by atoms with Gasteiger partial charge in [0.1, 0.15) is 5.76 Å². The summed E-state index contributed by atoms with van der Waals surface area (Å²) in [4.78, 5) is 21.5. The molecule has 1 aromatic carbocycles. The lowest BCUT2D eigenvalue weighted by Gasteiger charge is -2.20. The number of carbonyl (C=O) groups excluding carboxylic acids is 1. The lowest BCUT2D eigenvalue weighted by Crippen LogP contribution is -2.36. The van der Waals surface area contributed by atoms with Gasteiger partial charge in [0.05, 0.1) is 18.8 Å². The molecule has 1 aliphatic carbocycles. The zero-order valence-corrected chi connectivity index (χ0v) is 18.3. The van der Waals surface area contributed by atoms with Crippen LogP contribution >= 0.6 is 0 Å². The molecule has 1 aromatic heterocycles. The van der Waals surface area contributed by atoms with Crippen LogP contribution in [0.3, 0.4) is 0 Å². The van der Waals surface area contributed by atoms with Crippen LogP contribution in [0.4, 0.5) is 5.69 Å². The predicted molar refractivity (Wildman–Crippen MR) is 119 cm³/mol. The van der Waals surface area contributed by atoms with Crippen LogP contribution in [0, 0.1) is 19.8 Å². The normalized spacial score (nSPS) is 15.1. The number of rotatable bonds is 7. The van der Waals surface area contributed by atoms with E-state index >= 15 is 0 Å². The number of benzene rings is 1. The Kier molecular flexibility index (Phi) is 7.88. The minimum atomic E-state index is 0.141. The van der Waals surface area contributed by atoms with Crippen molar-refractivity contribution in [2.45, 2.75) is 66.0 Å². The number of nitrogens with zero attached hydrogens (tertiary/aromatic N) is 2. The molecule has 3 N–H and O–H groups in total. The first-order valence-electron chi connectivity index (χ1n) is 10.9. The number of hydrogen-bond donors (Lipinski definition) is 3. The molecule has 7 heteroatoms. The number of aliphatic imine (C=N–C) groups is 1. The molecular weight excluding hydrogens is 378 g/mol. The standard InChI is InChI=1S/C23H33N5O2/c1-4-24-23(26-15-21-27-16(2)17(3)30-21)25-14-18-9-8-12-20(13-18)28-22(29)19-10-6-5-7-11-19/h8-9,12-13,19H,4-7,10-11,14-15H2,1-3H3,(H,28,29)(H2,24,25,26). The van der Waals surface area contributed by atoms with Gasteiger partial charge in [-0.05, 0) is 51.3 Å². The van der Waals surface area contributed by atoms with Gasteiger partial charge in [-0.3, -0.25) is 4.79 Å². The third-order valence-electron chi connectivity index (χ3n) is 5.41. The highest BCUT2D eigenvalue weighted by Gasteiger charge is 2.21. The van der Waals surface area contributed by atoms with Crippen molar-refractivity contribution in [3.8, 4) is 0 Å². The zero-order chi connectivity index (χ0) is 21.3. The highest BCUT2D eigenvalue weighted by atomic mass is 16.4. The van der Waals surface area contributed by atoms with Crippen LogP contribution in [0.15, 0.2) is 33.7 Å². The Hall–Kier alpha value is -2.83. The molecule has 7 nitrogen and oxygen atoms in total. The van der Waals surface area contributed by atoms with Crippen molar-refractivity contribution < 1.29 is 9.21 Å². The molecule has 1 saturated carbocycles. The Balaban J connectivity index is 1.58. The van der Waals surface area contributed by atoms with Crippen molar-refractivity contribution in [2.24, 2.45) is 10.9 Å². The fraction of sp³-hybridized carbons (Fsp3) is 0.522. The molecule has 1 amide bonds. The van der Waals surface area contributed by atoms with Gasteiger partial charge in [-0.15, -0.1) is 0 Å². The molecular formula is C23H33N5O2. The lowest BCUT2D eigenvalue weighted by atomic mass is 9.88. The van der Waals surface area contributed by atoms with E-state index in [-0.39, 0.29) is 11.8 Å². The minimum Gasteiger partial charge on any atom is -0.444 e. The van der Waals surface area contributed by atoms with Crippen molar-refractivity contribution in [1.82, 2.24) is 15.6 Å². The van der Waals surface area contributed by atoms with Crippen LogP contribution < -0.4 is 16.0 Å². The SMILES string of the molecule is CCNC(=NCc1cccc(NC(=O)C2CCCCC2)c1)NCc1nc(C)c(C)o1. The van der Waals surface area contributed by atoms with Crippen molar-refractivity contribution >= 4 is 17.6 Å². The number of amides is 1. The Labute approximate surface area is 178 Å². The summed E-state index contributed by atoms with van der Waals surface area (Å²) in [5.41, 5.74) is 2.78. The van der Waals surface area contributed by atoms with E-state index in [0.717, 1.165) is 54.9 Å². The second kappa shape index (κ2) is 10.8. The smallest absolute Gasteiger partial charge is 0.227 e. The van der Waals surface area contributed by atoms with Gasteiger partial charge in [-0.2, -0.15) is 0 Å². The van der Waals surface area contributed by atoms with E-state index < -0.39 is 0 Å². The van der Waals surface area contributed by atoms with Gasteiger partial charge < -0.3 is 20.4 Å². The van der Waals surface area contributed by atoms with Crippen molar-refractivity contribution in [1.29, 1.82) is 0 Å². The van der Waals surface area contributed by atoms with Crippen molar-refractivity contribution in [2.75, 3.05) is 11.9 Å². The monoisotopic (exact) mass is 411 g/mol. The van der Waals surface area contributed by atoms with Crippen LogP contribution in [0.25, 0.3) is 0 Å². The van der Waals surface area contributed by atoms with Gasteiger partial charge in [-0.25, -0.2) is 9.98 Å². The molecule has 3 rings (SSSR count). The van der Waals surface area contributed by atoms with Crippen LogP contribution in [0.1, 0.15) is 61.9 Å². The molecule has 2 aromatic rings. The summed E-state index contributed by atoms with van der Waals surface area (Å²) < 4.78 is 5.61. The maximum absolute atomic E-state index is 12.5. The molecule has 30 heavy (non-hydrogen) atoms. The van der Waals surface area contributed by atoms with E-state index in [9.17, 15) is 4.79 Å². The van der Waals surface area contributed by atoms with E-state index in [4.69, 9.17) is 4.42 Å². The largest absolute Gasteiger partial charge is 0.444 e. The van der Waals surface area contributed by atoms with E-state index in [1.165, 1.54) is 6.42 Å². The van der Waals surface area contributed by atoms with Gasteiger partial charge in [0, 0.05) is 18.2 Å². The summed E-state index contributed by atoms with van der Waals surface area (Å²) in [5.74, 6) is 2.46. The molecule has 1 aliphatic rings. The molecule has 0 unspecified atom stereocenters. The molecule has 0 aliphatic heterocycles. The van der Waals surface area contributed by atoms with Gasteiger partial charge in [0.15, 0.2) is 5.96 Å². The Bertz CT molecular complexity index is 849. The van der Waals surface area contributed by atoms with Gasteiger partial charge >= 0.3 is 0 Å². The number of aromatic nitrogens is 1. The number of aryl methyl sites for hydroxylation is 2. The van der Waals surface area contributed by atoms with E-state index in [1.807, 2.05) is 45.0 Å². The second-order valence-electron chi connectivity index (χ2n) is 7.82. The van der Waals surface area contributed by atoms with Gasteiger partial charge in [0.25, 0.3) is 0 Å². The topological polar surface area (TPSA) is 91.5 Å². The van der Waals surface area contributed by atoms with E-state index in [0.29, 0.717) is 24.9 Å². The van der Waals surface area contributed by atoms with E-state index in [1.54, 1.807) is 0 Å². The quantitative estimate of drug-likeness (QED) is 0.472. The molecule has 1 fully saturated rings. The number of nitrogens with one attached hydrogen (secondary N) is 3. The van der Waals surface area contributed by atoms with Crippen LogP contribution in [0.2, 0.25) is 0 Å².